The number of anilines is 1. The molecule has 15 heavy (non-hydrogen) atoms. The molecule has 1 fully saturated rings. The van der Waals surface area contributed by atoms with Gasteiger partial charge in [0.2, 0.25) is 0 Å². The highest BCUT2D eigenvalue weighted by atomic mass is 79.9. The van der Waals surface area contributed by atoms with Crippen molar-refractivity contribution in [3.63, 3.8) is 0 Å². The highest BCUT2D eigenvalue weighted by molar-refractivity contribution is 9.10. The van der Waals surface area contributed by atoms with E-state index in [0.29, 0.717) is 0 Å². The minimum Gasteiger partial charge on any atom is -0.304 e. The van der Waals surface area contributed by atoms with Crippen LogP contribution >= 0.6 is 15.9 Å². The lowest BCUT2D eigenvalue weighted by Gasteiger charge is -2.32. The number of piperazine rings is 1. The van der Waals surface area contributed by atoms with Gasteiger partial charge in [-0.05, 0) is 23.0 Å². The Hall–Kier alpha value is -0.720. The molecule has 0 bridgehead atoms. The first kappa shape index (κ1) is 10.8. The largest absolute Gasteiger partial charge is 0.304 e. The van der Waals surface area contributed by atoms with E-state index in [1.54, 1.807) is 12.4 Å². The average molecular weight is 272 g/mol. The van der Waals surface area contributed by atoms with E-state index in [1.807, 2.05) is 0 Å². The third-order valence-electron chi connectivity index (χ3n) is 2.40. The summed E-state index contributed by atoms with van der Waals surface area (Å²) in [6, 6.07) is 0. The molecule has 1 aliphatic rings. The van der Waals surface area contributed by atoms with Gasteiger partial charge >= 0.3 is 0 Å². The van der Waals surface area contributed by atoms with Crippen molar-refractivity contribution in [3.8, 4) is 0 Å². The normalized spacial score (nSPS) is 19.1. The van der Waals surface area contributed by atoms with Crippen LogP contribution in [0, 0.1) is 0 Å². The number of halogens is 1. The van der Waals surface area contributed by atoms with Gasteiger partial charge in [-0.2, -0.15) is 0 Å². The summed E-state index contributed by atoms with van der Waals surface area (Å²) < 4.78 is 0.756. The summed E-state index contributed by atoms with van der Waals surface area (Å²) in [5, 5.41) is 2.16. The first-order chi connectivity index (χ1) is 7.24. The zero-order valence-corrected chi connectivity index (χ0v) is 10.2. The van der Waals surface area contributed by atoms with Gasteiger partial charge < -0.3 is 10.3 Å². The van der Waals surface area contributed by atoms with Crippen LogP contribution in [-0.2, 0) is 0 Å². The van der Waals surface area contributed by atoms with Crippen molar-refractivity contribution < 1.29 is 0 Å². The number of nitrogens with zero attached hydrogens (tertiary/aromatic N) is 4. The quantitative estimate of drug-likeness (QED) is 0.863. The second-order valence-corrected chi connectivity index (χ2v) is 4.44. The molecule has 0 radical (unpaired) electrons. The van der Waals surface area contributed by atoms with Gasteiger partial charge in [-0.15, -0.1) is 0 Å². The monoisotopic (exact) mass is 271 g/mol. The molecule has 1 aromatic rings. The average Bonchev–Trinajstić information content (AvgIpc) is 2.25. The SMILES string of the molecule is CN1CCN(Nc2cnc(Br)cn2)CC1. The Labute approximate surface area is 97.6 Å². The lowest BCUT2D eigenvalue weighted by atomic mass is 10.4. The molecule has 0 atom stereocenters. The van der Waals surface area contributed by atoms with Crippen LogP contribution in [0.2, 0.25) is 0 Å². The fourth-order valence-corrected chi connectivity index (χ4v) is 1.66. The summed E-state index contributed by atoms with van der Waals surface area (Å²) in [6.07, 6.45) is 3.42. The second kappa shape index (κ2) is 4.87. The lowest BCUT2D eigenvalue weighted by Crippen LogP contribution is -2.47. The summed E-state index contributed by atoms with van der Waals surface area (Å²) in [5.41, 5.74) is 3.24. The van der Waals surface area contributed by atoms with Crippen molar-refractivity contribution in [1.29, 1.82) is 0 Å². The zero-order chi connectivity index (χ0) is 10.7. The Morgan fingerprint density at radius 1 is 1.20 bits per heavy atom. The van der Waals surface area contributed by atoms with Crippen molar-refractivity contribution in [2.75, 3.05) is 38.7 Å². The van der Waals surface area contributed by atoms with Crippen molar-refractivity contribution in [2.24, 2.45) is 0 Å². The molecule has 1 N–H and O–H groups in total. The van der Waals surface area contributed by atoms with Crippen LogP contribution in [0.5, 0.6) is 0 Å². The molecular formula is C9H14BrN5. The van der Waals surface area contributed by atoms with Gasteiger partial charge in [0.25, 0.3) is 0 Å². The molecule has 1 saturated heterocycles. The molecule has 0 aliphatic carbocycles. The van der Waals surface area contributed by atoms with Crippen LogP contribution in [0.3, 0.4) is 0 Å². The molecule has 2 rings (SSSR count). The standard InChI is InChI=1S/C9H14BrN5/c1-14-2-4-15(5-3-14)13-9-7-11-8(10)6-12-9/h6-7H,2-5H2,1H3,(H,12,13). The fraction of sp³-hybridized carbons (Fsp3) is 0.556. The minimum atomic E-state index is 0.756. The summed E-state index contributed by atoms with van der Waals surface area (Å²) in [4.78, 5) is 10.6. The zero-order valence-electron chi connectivity index (χ0n) is 8.65. The van der Waals surface area contributed by atoms with E-state index in [-0.39, 0.29) is 0 Å². The summed E-state index contributed by atoms with van der Waals surface area (Å²) >= 11 is 3.26. The van der Waals surface area contributed by atoms with Crippen LogP contribution in [0.25, 0.3) is 0 Å². The van der Waals surface area contributed by atoms with Gasteiger partial charge in [0.05, 0.1) is 12.4 Å². The fourth-order valence-electron chi connectivity index (χ4n) is 1.45. The number of likely N-dealkylation sites (N-methyl/N-ethyl adjacent to an activating group) is 1. The van der Waals surface area contributed by atoms with Gasteiger partial charge in [-0.1, -0.05) is 0 Å². The maximum atomic E-state index is 4.22. The number of hydrogen-bond donors (Lipinski definition) is 1. The van der Waals surface area contributed by atoms with Gasteiger partial charge in [0, 0.05) is 26.2 Å². The molecule has 0 unspecified atom stereocenters. The number of hydrazine groups is 1. The molecule has 0 amide bonds. The number of nitrogens with one attached hydrogen (secondary N) is 1. The lowest BCUT2D eigenvalue weighted by molar-refractivity contribution is 0.178. The second-order valence-electron chi connectivity index (χ2n) is 3.63. The van der Waals surface area contributed by atoms with E-state index >= 15 is 0 Å². The van der Waals surface area contributed by atoms with Crippen LogP contribution < -0.4 is 5.43 Å². The number of hydrogen-bond acceptors (Lipinski definition) is 5. The third kappa shape index (κ3) is 3.12. The molecule has 0 saturated carbocycles. The predicted octanol–water partition coefficient (Wildman–Crippen LogP) is 0.813. The molecular weight excluding hydrogens is 258 g/mol. The van der Waals surface area contributed by atoms with Crippen LogP contribution in [-0.4, -0.2) is 53.1 Å². The Kier molecular flexibility index (Phi) is 3.50. The Balaban J connectivity index is 1.89. The Morgan fingerprint density at radius 3 is 2.53 bits per heavy atom. The maximum Gasteiger partial charge on any atom is 0.159 e. The van der Waals surface area contributed by atoms with Crippen molar-refractivity contribution in [1.82, 2.24) is 19.9 Å². The summed E-state index contributed by atoms with van der Waals surface area (Å²) in [6.45, 7) is 4.18. The number of rotatable bonds is 2. The molecule has 5 nitrogen and oxygen atoms in total. The van der Waals surface area contributed by atoms with Crippen LogP contribution in [0.15, 0.2) is 17.0 Å². The van der Waals surface area contributed by atoms with Crippen molar-refractivity contribution in [3.05, 3.63) is 17.0 Å². The molecule has 0 spiro atoms. The Morgan fingerprint density at radius 2 is 1.93 bits per heavy atom. The van der Waals surface area contributed by atoms with E-state index in [0.717, 1.165) is 36.6 Å². The van der Waals surface area contributed by atoms with Gasteiger partial charge in [-0.25, -0.2) is 15.0 Å². The topological polar surface area (TPSA) is 44.3 Å². The van der Waals surface area contributed by atoms with E-state index in [2.05, 4.69) is 48.3 Å². The summed E-state index contributed by atoms with van der Waals surface area (Å²) in [7, 11) is 2.14. The first-order valence-corrected chi connectivity index (χ1v) is 5.71. The molecule has 82 valence electrons. The highest BCUT2D eigenvalue weighted by Crippen LogP contribution is 2.08. The van der Waals surface area contributed by atoms with Gasteiger partial charge in [-0.3, -0.25) is 0 Å². The molecule has 0 aromatic carbocycles. The molecule has 2 heterocycles. The smallest absolute Gasteiger partial charge is 0.159 e. The van der Waals surface area contributed by atoms with E-state index < -0.39 is 0 Å². The summed E-state index contributed by atoms with van der Waals surface area (Å²) in [5.74, 6) is 0.794. The molecule has 1 aromatic heterocycles. The van der Waals surface area contributed by atoms with Crippen LogP contribution in [0.1, 0.15) is 0 Å². The Bertz CT molecular complexity index is 307. The predicted molar refractivity (Wildman–Crippen MR) is 62.4 cm³/mol. The maximum absolute atomic E-state index is 4.22. The van der Waals surface area contributed by atoms with Crippen LogP contribution in [0.4, 0.5) is 5.82 Å². The van der Waals surface area contributed by atoms with Gasteiger partial charge in [0.15, 0.2) is 5.82 Å². The van der Waals surface area contributed by atoms with E-state index in [1.165, 1.54) is 0 Å². The molecule has 1 aliphatic heterocycles. The van der Waals surface area contributed by atoms with Gasteiger partial charge in [0.1, 0.15) is 4.60 Å². The third-order valence-corrected chi connectivity index (χ3v) is 2.81. The molecule has 6 heteroatoms. The number of aromatic nitrogens is 2. The minimum absolute atomic E-state index is 0.756. The van der Waals surface area contributed by atoms with E-state index in [4.69, 9.17) is 0 Å². The highest BCUT2D eigenvalue weighted by Gasteiger charge is 2.13. The first-order valence-electron chi connectivity index (χ1n) is 4.92. The van der Waals surface area contributed by atoms with E-state index in [9.17, 15) is 0 Å². The van der Waals surface area contributed by atoms with Crippen molar-refractivity contribution >= 4 is 21.7 Å². The van der Waals surface area contributed by atoms with Crippen molar-refractivity contribution in [2.45, 2.75) is 0 Å².